The molecule has 0 unspecified atom stereocenters. The van der Waals surface area contributed by atoms with Crippen molar-refractivity contribution in [2.24, 2.45) is 0 Å². The van der Waals surface area contributed by atoms with E-state index in [1.54, 1.807) is 6.07 Å². The maximum absolute atomic E-state index is 13.0. The van der Waals surface area contributed by atoms with E-state index in [0.29, 0.717) is 30.3 Å². The number of phenolic OH excluding ortho intramolecular Hbond substituents is 1. The highest BCUT2D eigenvalue weighted by Gasteiger charge is 2.18. The van der Waals surface area contributed by atoms with Crippen molar-refractivity contribution < 1.29 is 19.0 Å². The number of hydrogen-bond donors (Lipinski definition) is 1. The molecule has 284 valence electrons. The fourth-order valence-electron chi connectivity index (χ4n) is 7.46. The van der Waals surface area contributed by atoms with Crippen LogP contribution < -0.4 is 14.9 Å². The lowest BCUT2D eigenvalue weighted by atomic mass is 10.1. The van der Waals surface area contributed by atoms with Crippen LogP contribution in [0.3, 0.4) is 0 Å². The summed E-state index contributed by atoms with van der Waals surface area (Å²) in [5.41, 5.74) is 3.53. The first kappa shape index (κ1) is 37.6. The molecule has 0 amide bonds. The first-order chi connectivity index (χ1) is 26.6. The van der Waals surface area contributed by atoms with Crippen molar-refractivity contribution in [3.63, 3.8) is 0 Å². The standard InChI is InChI=1S/C45H54N4O5/c50-41-31-40(53-30-10-8-20-47-23-27-49(28-24-47)35-37-13-5-2-6-14-37)32-44-45(41)42(51)33-43(54-44)38-15-17-39(18-16-38)52-29-9-7-19-46-21-25-48(26-22-46)34-36-11-3-1-4-12-36/h1-6,11-18,31-33,50H,7-10,19-30,34-35H2. The third-order valence-corrected chi connectivity index (χ3v) is 10.6. The van der Waals surface area contributed by atoms with Crippen LogP contribution >= 0.6 is 0 Å². The van der Waals surface area contributed by atoms with E-state index in [4.69, 9.17) is 13.9 Å². The van der Waals surface area contributed by atoms with Crippen LogP contribution in [0.4, 0.5) is 0 Å². The molecule has 1 aromatic heterocycles. The number of nitrogens with zero attached hydrogens (tertiary/aromatic N) is 4. The molecule has 0 saturated carbocycles. The Morgan fingerprint density at radius 3 is 1.59 bits per heavy atom. The van der Waals surface area contributed by atoms with Gasteiger partial charge in [0.05, 0.1) is 13.2 Å². The van der Waals surface area contributed by atoms with Crippen molar-refractivity contribution in [2.75, 3.05) is 78.7 Å². The van der Waals surface area contributed by atoms with E-state index in [0.717, 1.165) is 116 Å². The van der Waals surface area contributed by atoms with E-state index in [1.807, 2.05) is 24.3 Å². The number of piperazine rings is 2. The van der Waals surface area contributed by atoms with Gasteiger partial charge >= 0.3 is 0 Å². The number of fused-ring (bicyclic) bond motifs is 1. The fourth-order valence-corrected chi connectivity index (χ4v) is 7.46. The minimum atomic E-state index is -0.294. The van der Waals surface area contributed by atoms with E-state index >= 15 is 0 Å². The van der Waals surface area contributed by atoms with Crippen molar-refractivity contribution in [2.45, 2.75) is 38.8 Å². The maximum atomic E-state index is 13.0. The van der Waals surface area contributed by atoms with Crippen LogP contribution in [0.5, 0.6) is 17.2 Å². The van der Waals surface area contributed by atoms with Crippen molar-refractivity contribution in [1.29, 1.82) is 0 Å². The summed E-state index contributed by atoms with van der Waals surface area (Å²) in [6, 6.07) is 33.6. The van der Waals surface area contributed by atoms with Crippen LogP contribution in [0.1, 0.15) is 36.8 Å². The van der Waals surface area contributed by atoms with Crippen LogP contribution in [-0.4, -0.2) is 103 Å². The van der Waals surface area contributed by atoms with Gasteiger partial charge < -0.3 is 28.8 Å². The predicted octanol–water partition coefficient (Wildman–Crippen LogP) is 7.12. The molecule has 0 aliphatic carbocycles. The lowest BCUT2D eigenvalue weighted by molar-refractivity contribution is 0.124. The molecular formula is C45H54N4O5. The van der Waals surface area contributed by atoms with E-state index < -0.39 is 0 Å². The van der Waals surface area contributed by atoms with E-state index in [9.17, 15) is 9.90 Å². The average molecular weight is 731 g/mol. The van der Waals surface area contributed by atoms with Gasteiger partial charge in [-0.1, -0.05) is 60.7 Å². The van der Waals surface area contributed by atoms with Gasteiger partial charge in [-0.25, -0.2) is 0 Å². The van der Waals surface area contributed by atoms with Gasteiger partial charge in [0.2, 0.25) is 0 Å². The van der Waals surface area contributed by atoms with Gasteiger partial charge in [-0.05, 0) is 74.2 Å². The van der Waals surface area contributed by atoms with E-state index in [-0.39, 0.29) is 16.6 Å². The number of rotatable bonds is 17. The Morgan fingerprint density at radius 1 is 0.556 bits per heavy atom. The van der Waals surface area contributed by atoms with Crippen molar-refractivity contribution in [1.82, 2.24) is 19.6 Å². The SMILES string of the molecule is O=c1cc(-c2ccc(OCCCCN3CCN(Cc4ccccc4)CC3)cc2)oc2cc(OCCCCN3CCN(Cc4ccccc4)CC3)cc(O)c12. The topological polar surface area (TPSA) is 81.9 Å². The number of ether oxygens (including phenoxy) is 2. The van der Waals surface area contributed by atoms with Crippen molar-refractivity contribution >= 4 is 11.0 Å². The molecule has 2 aliphatic rings. The largest absolute Gasteiger partial charge is 0.507 e. The predicted molar refractivity (Wildman–Crippen MR) is 215 cm³/mol. The molecule has 2 fully saturated rings. The zero-order chi connectivity index (χ0) is 37.0. The van der Waals surface area contributed by atoms with E-state index in [1.165, 1.54) is 23.3 Å². The second-order valence-electron chi connectivity index (χ2n) is 14.6. The number of hydrogen-bond acceptors (Lipinski definition) is 9. The lowest BCUT2D eigenvalue weighted by Gasteiger charge is -2.34. The Bertz CT molecular complexity index is 1940. The Morgan fingerprint density at radius 2 is 1.06 bits per heavy atom. The normalized spacial score (nSPS) is 16.1. The Labute approximate surface area is 319 Å². The molecular weight excluding hydrogens is 677 g/mol. The molecule has 9 nitrogen and oxygen atoms in total. The van der Waals surface area contributed by atoms with Gasteiger partial charge in [-0.2, -0.15) is 0 Å². The Hall–Kier alpha value is -4.67. The molecule has 1 N–H and O–H groups in total. The third kappa shape index (κ3) is 10.7. The Kier molecular flexibility index (Phi) is 13.3. The van der Waals surface area contributed by atoms with Gasteiger partial charge in [-0.15, -0.1) is 0 Å². The second kappa shape index (κ2) is 19.1. The van der Waals surface area contributed by atoms with Crippen LogP contribution in [0.25, 0.3) is 22.3 Å². The monoisotopic (exact) mass is 730 g/mol. The zero-order valence-corrected chi connectivity index (χ0v) is 31.4. The molecule has 3 heterocycles. The molecule has 0 spiro atoms. The molecule has 2 saturated heterocycles. The van der Waals surface area contributed by atoms with Gasteiger partial charge in [0.15, 0.2) is 5.43 Å². The van der Waals surface area contributed by atoms with Gasteiger partial charge in [0.1, 0.15) is 34.0 Å². The van der Waals surface area contributed by atoms with Gasteiger partial charge in [0.25, 0.3) is 0 Å². The van der Waals surface area contributed by atoms with Crippen LogP contribution in [0.2, 0.25) is 0 Å². The third-order valence-electron chi connectivity index (χ3n) is 10.6. The van der Waals surface area contributed by atoms with Crippen LogP contribution in [0, 0.1) is 0 Å². The van der Waals surface area contributed by atoms with Crippen LogP contribution in [0.15, 0.2) is 112 Å². The van der Waals surface area contributed by atoms with Crippen molar-refractivity contribution in [3.05, 3.63) is 124 Å². The van der Waals surface area contributed by atoms with Crippen molar-refractivity contribution in [3.8, 4) is 28.6 Å². The molecule has 7 rings (SSSR count). The first-order valence-corrected chi connectivity index (χ1v) is 19.7. The quantitative estimate of drug-likeness (QED) is 0.101. The first-order valence-electron chi connectivity index (χ1n) is 19.7. The highest BCUT2D eigenvalue weighted by molar-refractivity contribution is 5.86. The number of benzene rings is 4. The smallest absolute Gasteiger partial charge is 0.197 e. The summed E-state index contributed by atoms with van der Waals surface area (Å²) in [6.45, 7) is 14.2. The summed E-state index contributed by atoms with van der Waals surface area (Å²) in [5, 5.41) is 10.9. The molecule has 9 heteroatoms. The average Bonchev–Trinajstić information content (AvgIpc) is 3.20. The highest BCUT2D eigenvalue weighted by Crippen LogP contribution is 2.32. The lowest BCUT2D eigenvalue weighted by Crippen LogP contribution is -2.46. The molecule has 54 heavy (non-hydrogen) atoms. The summed E-state index contributed by atoms with van der Waals surface area (Å²) in [4.78, 5) is 23.2. The minimum absolute atomic E-state index is 0.134. The molecule has 0 atom stereocenters. The molecule has 0 radical (unpaired) electrons. The summed E-state index contributed by atoms with van der Waals surface area (Å²) in [6.07, 6.45) is 4.02. The zero-order valence-electron chi connectivity index (χ0n) is 31.4. The summed E-state index contributed by atoms with van der Waals surface area (Å²) < 4.78 is 18.2. The van der Waals surface area contributed by atoms with Crippen LogP contribution in [-0.2, 0) is 13.1 Å². The summed E-state index contributed by atoms with van der Waals surface area (Å²) in [7, 11) is 0. The molecule has 2 aliphatic heterocycles. The minimum Gasteiger partial charge on any atom is -0.507 e. The summed E-state index contributed by atoms with van der Waals surface area (Å²) >= 11 is 0. The number of aromatic hydroxyl groups is 1. The number of phenols is 1. The molecule has 5 aromatic rings. The van der Waals surface area contributed by atoms with Gasteiger partial charge in [0, 0.05) is 89.2 Å². The summed E-state index contributed by atoms with van der Waals surface area (Å²) in [5.74, 6) is 1.58. The maximum Gasteiger partial charge on any atom is 0.197 e. The molecule has 0 bridgehead atoms. The highest BCUT2D eigenvalue weighted by atomic mass is 16.5. The van der Waals surface area contributed by atoms with Gasteiger partial charge in [-0.3, -0.25) is 14.6 Å². The fraction of sp³-hybridized carbons (Fsp3) is 0.400. The Balaban J connectivity index is 0.815. The second-order valence-corrected chi connectivity index (χ2v) is 14.6. The molecule has 4 aromatic carbocycles. The van der Waals surface area contributed by atoms with E-state index in [2.05, 4.69) is 80.3 Å². The number of unbranched alkanes of at least 4 members (excludes halogenated alkanes) is 2.